The number of hydrogen-bond acceptors (Lipinski definition) is 3. The number of hydrogen-bond donors (Lipinski definition) is 0. The van der Waals surface area contributed by atoms with Crippen molar-refractivity contribution in [1.29, 1.82) is 5.26 Å². The first-order valence-electron chi connectivity index (χ1n) is 11.3. The molecule has 0 fully saturated rings. The largest absolute Gasteiger partial charge is 0.409 e. The minimum Gasteiger partial charge on any atom is -0.409 e. The van der Waals surface area contributed by atoms with Crippen molar-refractivity contribution >= 4 is 16.6 Å². The van der Waals surface area contributed by atoms with E-state index in [1.54, 1.807) is 0 Å². The Morgan fingerprint density at radius 3 is 1.69 bits per heavy atom. The molecule has 0 unspecified atom stereocenters. The third-order valence-corrected chi connectivity index (χ3v) is 16.7. The second-order valence-corrected chi connectivity index (χ2v) is 21.7. The van der Waals surface area contributed by atoms with E-state index in [4.69, 9.17) is 8.85 Å². The van der Waals surface area contributed by atoms with Gasteiger partial charge in [0.15, 0.2) is 16.6 Å². The summed E-state index contributed by atoms with van der Waals surface area (Å²) in [6.45, 7) is 29.2. The van der Waals surface area contributed by atoms with Crippen molar-refractivity contribution in [3.63, 3.8) is 0 Å². The lowest BCUT2D eigenvalue weighted by atomic mass is 9.83. The summed E-state index contributed by atoms with van der Waals surface area (Å²) in [5, 5.41) is 10.6. The number of unbranched alkanes of at least 4 members (excludes halogenated alkanes) is 1. The van der Waals surface area contributed by atoms with Gasteiger partial charge in [0.1, 0.15) is 5.41 Å². The minimum atomic E-state index is -2.04. The maximum absolute atomic E-state index is 10.4. The van der Waals surface area contributed by atoms with Gasteiger partial charge in [-0.1, -0.05) is 54.9 Å². The molecule has 0 spiro atoms. The van der Waals surface area contributed by atoms with Crippen molar-refractivity contribution in [2.75, 3.05) is 0 Å². The molecule has 0 radical (unpaired) electrons. The highest BCUT2D eigenvalue weighted by Crippen LogP contribution is 2.52. The van der Waals surface area contributed by atoms with Gasteiger partial charge >= 0.3 is 0 Å². The van der Waals surface area contributed by atoms with E-state index in [0.717, 1.165) is 19.3 Å². The fraction of sp³-hybridized carbons (Fsp3) is 0.875. The molecular weight excluding hydrogens is 390 g/mol. The molecule has 1 aliphatic carbocycles. The fourth-order valence-corrected chi connectivity index (χ4v) is 6.18. The molecule has 1 aliphatic rings. The van der Waals surface area contributed by atoms with Crippen molar-refractivity contribution in [2.24, 2.45) is 5.41 Å². The van der Waals surface area contributed by atoms with Crippen LogP contribution in [0.5, 0.6) is 0 Å². The van der Waals surface area contributed by atoms with Crippen LogP contribution >= 0.6 is 0 Å². The Labute approximate surface area is 183 Å². The average molecular weight is 438 g/mol. The quantitative estimate of drug-likeness (QED) is 0.301. The lowest BCUT2D eigenvalue weighted by molar-refractivity contribution is 0.0469. The first kappa shape index (κ1) is 26.6. The number of nitrogens with zero attached hydrogens (tertiary/aromatic N) is 1. The van der Waals surface area contributed by atoms with Crippen LogP contribution in [0.3, 0.4) is 0 Å². The van der Waals surface area contributed by atoms with E-state index in [2.05, 4.69) is 94.6 Å². The lowest BCUT2D eigenvalue weighted by Crippen LogP contribution is -2.52. The molecule has 3 nitrogen and oxygen atoms in total. The first-order valence-corrected chi connectivity index (χ1v) is 17.1. The summed E-state index contributed by atoms with van der Waals surface area (Å²) in [4.78, 5) is 0. The van der Waals surface area contributed by atoms with Crippen molar-refractivity contribution in [3.8, 4) is 6.07 Å². The van der Waals surface area contributed by atoms with Crippen LogP contribution in [0.15, 0.2) is 11.1 Å². The Balaban J connectivity index is 3.49. The highest BCUT2D eigenvalue weighted by molar-refractivity contribution is 6.74. The standard InChI is InChI=1S/C24H47NO2Si2/c1-14-15-16-19-18(2)20(26-28(10,11)22(3,4)5)24(9,17-25)21(19)27-29(12,13)23(6,7)8/h20-21H,14-16H2,1-13H3/t20-,21+,24+/m1/s1. The predicted octanol–water partition coefficient (Wildman–Crippen LogP) is 7.82. The van der Waals surface area contributed by atoms with E-state index in [9.17, 15) is 5.26 Å². The molecule has 1 rings (SSSR count). The monoisotopic (exact) mass is 437 g/mol. The molecule has 0 aliphatic heterocycles. The van der Waals surface area contributed by atoms with E-state index in [1.807, 2.05) is 0 Å². The van der Waals surface area contributed by atoms with Gasteiger partial charge < -0.3 is 8.85 Å². The molecular formula is C24H47NO2Si2. The molecule has 0 aromatic heterocycles. The zero-order valence-electron chi connectivity index (χ0n) is 21.5. The van der Waals surface area contributed by atoms with Gasteiger partial charge in [0.05, 0.1) is 18.3 Å². The molecule has 0 aromatic rings. The highest BCUT2D eigenvalue weighted by Gasteiger charge is 2.57. The molecule has 5 heteroatoms. The Morgan fingerprint density at radius 1 is 0.931 bits per heavy atom. The molecule has 168 valence electrons. The SMILES string of the molecule is CCCCC1=C(C)[C@@H](O[Si](C)(C)C(C)(C)C)[C@](C)(C#N)[C@H]1O[Si](C)(C)C(C)(C)C. The Morgan fingerprint density at radius 2 is 1.34 bits per heavy atom. The second kappa shape index (κ2) is 8.61. The summed E-state index contributed by atoms with van der Waals surface area (Å²) in [5.74, 6) is 0. The van der Waals surface area contributed by atoms with Gasteiger partial charge in [0, 0.05) is 0 Å². The van der Waals surface area contributed by atoms with Crippen LogP contribution in [-0.4, -0.2) is 28.8 Å². The average Bonchev–Trinajstić information content (AvgIpc) is 2.72. The normalized spacial score (nSPS) is 26.8. The van der Waals surface area contributed by atoms with Crippen LogP contribution in [0.25, 0.3) is 0 Å². The van der Waals surface area contributed by atoms with E-state index in [1.165, 1.54) is 11.1 Å². The summed E-state index contributed by atoms with van der Waals surface area (Å²) < 4.78 is 13.9. The van der Waals surface area contributed by atoms with E-state index in [0.29, 0.717) is 0 Å². The van der Waals surface area contributed by atoms with Crippen LogP contribution in [0.4, 0.5) is 0 Å². The zero-order chi connectivity index (χ0) is 23.1. The smallest absolute Gasteiger partial charge is 0.192 e. The van der Waals surface area contributed by atoms with Crippen LogP contribution < -0.4 is 0 Å². The van der Waals surface area contributed by atoms with Crippen LogP contribution in [0, 0.1) is 16.7 Å². The van der Waals surface area contributed by atoms with Gasteiger partial charge in [-0.2, -0.15) is 5.26 Å². The van der Waals surface area contributed by atoms with Gasteiger partial charge in [0.25, 0.3) is 0 Å². The predicted molar refractivity (Wildman–Crippen MR) is 130 cm³/mol. The summed E-state index contributed by atoms with van der Waals surface area (Å²) in [7, 11) is -4.07. The third-order valence-electron chi connectivity index (χ3n) is 7.78. The molecule has 0 N–H and O–H groups in total. The number of nitriles is 1. The summed E-state index contributed by atoms with van der Waals surface area (Å²) in [5.41, 5.74) is 1.89. The van der Waals surface area contributed by atoms with Gasteiger partial charge in [0.2, 0.25) is 0 Å². The maximum Gasteiger partial charge on any atom is 0.192 e. The van der Waals surface area contributed by atoms with Crippen LogP contribution in [0.1, 0.15) is 81.6 Å². The van der Waals surface area contributed by atoms with Gasteiger partial charge in [-0.25, -0.2) is 0 Å². The molecule has 0 heterocycles. The van der Waals surface area contributed by atoms with Gasteiger partial charge in [-0.15, -0.1) is 0 Å². The molecule has 3 atom stereocenters. The first-order chi connectivity index (χ1) is 12.9. The minimum absolute atomic E-state index is 0.103. The van der Waals surface area contributed by atoms with Crippen molar-refractivity contribution < 1.29 is 8.85 Å². The molecule has 0 aromatic carbocycles. The molecule has 0 saturated heterocycles. The zero-order valence-corrected chi connectivity index (χ0v) is 23.5. The van der Waals surface area contributed by atoms with Crippen molar-refractivity contribution in [3.05, 3.63) is 11.1 Å². The topological polar surface area (TPSA) is 42.2 Å². The summed E-state index contributed by atoms with van der Waals surface area (Å²) >= 11 is 0. The molecule has 0 bridgehead atoms. The van der Waals surface area contributed by atoms with Gasteiger partial charge in [-0.3, -0.25) is 0 Å². The summed E-state index contributed by atoms with van der Waals surface area (Å²) in [6.07, 6.45) is 2.90. The van der Waals surface area contributed by atoms with Crippen molar-refractivity contribution in [2.45, 2.75) is 130 Å². The molecule has 0 saturated carbocycles. The highest BCUT2D eigenvalue weighted by atomic mass is 28.4. The second-order valence-electron chi connectivity index (χ2n) is 12.2. The summed E-state index contributed by atoms with van der Waals surface area (Å²) in [6, 6.07) is 2.68. The Hall–Kier alpha value is -0.416. The van der Waals surface area contributed by atoms with Gasteiger partial charge in [-0.05, 0) is 74.1 Å². The molecule has 0 amide bonds. The third kappa shape index (κ3) is 5.26. The fourth-order valence-electron chi connectivity index (χ4n) is 3.48. The maximum atomic E-state index is 10.4. The lowest BCUT2D eigenvalue weighted by Gasteiger charge is -2.45. The van der Waals surface area contributed by atoms with Crippen molar-refractivity contribution in [1.82, 2.24) is 0 Å². The van der Waals surface area contributed by atoms with E-state index >= 15 is 0 Å². The number of rotatable bonds is 7. The van der Waals surface area contributed by atoms with E-state index < -0.39 is 22.0 Å². The van der Waals surface area contributed by atoms with E-state index in [-0.39, 0.29) is 22.3 Å². The van der Waals surface area contributed by atoms with Crippen LogP contribution in [0.2, 0.25) is 36.3 Å². The Bertz CT molecular complexity index is 662. The van der Waals surface area contributed by atoms with Crippen LogP contribution in [-0.2, 0) is 8.85 Å². The Kier molecular flexibility index (Phi) is 7.90. The molecule has 29 heavy (non-hydrogen) atoms.